The van der Waals surface area contributed by atoms with Crippen LogP contribution in [0.2, 0.25) is 0 Å². The van der Waals surface area contributed by atoms with E-state index in [9.17, 15) is 0 Å². The molecule has 0 heteroatoms. The smallest absolute Gasteiger partial charge is 0.0241 e. The summed E-state index contributed by atoms with van der Waals surface area (Å²) < 4.78 is 0. The van der Waals surface area contributed by atoms with Crippen molar-refractivity contribution < 1.29 is 0 Å². The lowest BCUT2D eigenvalue weighted by Crippen LogP contribution is -2.11. The summed E-state index contributed by atoms with van der Waals surface area (Å²) in [5, 5.41) is 0. The Kier molecular flexibility index (Phi) is 2.68. The predicted octanol–water partition coefficient (Wildman–Crippen LogP) is 5.17. The minimum absolute atomic E-state index is 0.613. The zero-order chi connectivity index (χ0) is 11.2. The second-order valence-corrected chi connectivity index (χ2v) is 7.24. The molecule has 0 aliphatic heterocycles. The van der Waals surface area contributed by atoms with E-state index in [1.165, 1.54) is 51.4 Å². The van der Waals surface area contributed by atoms with E-state index in [0.717, 1.165) is 10.8 Å². The van der Waals surface area contributed by atoms with Gasteiger partial charge >= 0.3 is 0 Å². The molecule has 2 aliphatic rings. The second-order valence-electron chi connectivity index (χ2n) is 7.24. The van der Waals surface area contributed by atoms with Crippen molar-refractivity contribution in [3.05, 3.63) is 0 Å². The van der Waals surface area contributed by atoms with Gasteiger partial charge in [0.15, 0.2) is 0 Å². The van der Waals surface area contributed by atoms with E-state index in [0.29, 0.717) is 5.41 Å². The van der Waals surface area contributed by atoms with Gasteiger partial charge in [-0.3, -0.25) is 0 Å². The molecule has 0 N–H and O–H groups in total. The van der Waals surface area contributed by atoms with E-state index in [2.05, 4.69) is 27.7 Å². The Balaban J connectivity index is 2.05. The monoisotopic (exact) mass is 208 g/mol. The zero-order valence-electron chi connectivity index (χ0n) is 11.2. The number of rotatable bonds is 1. The van der Waals surface area contributed by atoms with Crippen molar-refractivity contribution in [1.82, 2.24) is 0 Å². The SMILES string of the molecule is CCC12CCCC(C)(C)CCCC1(C)C2. The van der Waals surface area contributed by atoms with Gasteiger partial charge in [0, 0.05) is 0 Å². The van der Waals surface area contributed by atoms with Crippen LogP contribution in [0, 0.1) is 16.2 Å². The molecule has 2 fully saturated rings. The molecule has 2 aliphatic carbocycles. The van der Waals surface area contributed by atoms with Crippen LogP contribution in [0.4, 0.5) is 0 Å². The molecule has 0 aromatic heterocycles. The van der Waals surface area contributed by atoms with Gasteiger partial charge in [-0.05, 0) is 54.8 Å². The van der Waals surface area contributed by atoms with Crippen LogP contribution >= 0.6 is 0 Å². The molecule has 88 valence electrons. The molecule has 0 radical (unpaired) electrons. The van der Waals surface area contributed by atoms with Crippen molar-refractivity contribution >= 4 is 0 Å². The highest BCUT2D eigenvalue weighted by molar-refractivity contribution is 5.11. The summed E-state index contributed by atoms with van der Waals surface area (Å²) in [5.41, 5.74) is 2.09. The first-order valence-corrected chi connectivity index (χ1v) is 6.93. The van der Waals surface area contributed by atoms with Gasteiger partial charge in [-0.1, -0.05) is 40.5 Å². The Morgan fingerprint density at radius 2 is 1.47 bits per heavy atom. The molecule has 0 bridgehead atoms. The third kappa shape index (κ3) is 1.97. The van der Waals surface area contributed by atoms with Crippen LogP contribution in [0.1, 0.15) is 79.1 Å². The van der Waals surface area contributed by atoms with Crippen molar-refractivity contribution in [3.63, 3.8) is 0 Å². The number of hydrogen-bond acceptors (Lipinski definition) is 0. The summed E-state index contributed by atoms with van der Waals surface area (Å²) >= 11 is 0. The molecule has 0 aromatic rings. The van der Waals surface area contributed by atoms with Crippen molar-refractivity contribution in [2.24, 2.45) is 16.2 Å². The Morgan fingerprint density at radius 3 is 2.07 bits per heavy atom. The lowest BCUT2D eigenvalue weighted by Gasteiger charge is -2.24. The van der Waals surface area contributed by atoms with Crippen molar-refractivity contribution in [3.8, 4) is 0 Å². The summed E-state index contributed by atoms with van der Waals surface area (Å²) in [5.74, 6) is 0. The normalized spacial score (nSPS) is 44.8. The maximum atomic E-state index is 2.55. The minimum Gasteiger partial charge on any atom is -0.0648 e. The van der Waals surface area contributed by atoms with Crippen molar-refractivity contribution in [2.75, 3.05) is 0 Å². The van der Waals surface area contributed by atoms with Gasteiger partial charge in [0.2, 0.25) is 0 Å². The van der Waals surface area contributed by atoms with Crippen molar-refractivity contribution in [2.45, 2.75) is 79.1 Å². The van der Waals surface area contributed by atoms with Crippen LogP contribution < -0.4 is 0 Å². The molecule has 0 nitrogen and oxygen atoms in total. The van der Waals surface area contributed by atoms with Crippen LogP contribution in [0.25, 0.3) is 0 Å². The first kappa shape index (κ1) is 11.5. The maximum absolute atomic E-state index is 2.55. The van der Waals surface area contributed by atoms with Crippen LogP contribution in [0.5, 0.6) is 0 Å². The highest BCUT2D eigenvalue weighted by Gasteiger charge is 2.61. The van der Waals surface area contributed by atoms with Gasteiger partial charge < -0.3 is 0 Å². The van der Waals surface area contributed by atoms with Gasteiger partial charge in [-0.25, -0.2) is 0 Å². The third-order valence-electron chi connectivity index (χ3n) is 5.65. The molecule has 0 amide bonds. The maximum Gasteiger partial charge on any atom is -0.0241 e. The zero-order valence-corrected chi connectivity index (χ0v) is 11.2. The Labute approximate surface area is 95.8 Å². The predicted molar refractivity (Wildman–Crippen MR) is 66.9 cm³/mol. The highest BCUT2D eigenvalue weighted by Crippen LogP contribution is 2.71. The van der Waals surface area contributed by atoms with Gasteiger partial charge in [0.05, 0.1) is 0 Å². The molecule has 2 saturated carbocycles. The minimum atomic E-state index is 0.613. The topological polar surface area (TPSA) is 0 Å². The molecule has 0 aromatic carbocycles. The van der Waals surface area contributed by atoms with Gasteiger partial charge in [0.1, 0.15) is 0 Å². The van der Waals surface area contributed by atoms with E-state index >= 15 is 0 Å². The average Bonchev–Trinajstić information content (AvgIpc) is 2.70. The standard InChI is InChI=1S/C15H28/c1-5-15-11-7-9-13(2,3)8-6-10-14(15,4)12-15/h5-12H2,1-4H3. The van der Waals surface area contributed by atoms with E-state index in [1.54, 1.807) is 0 Å². The number of hydrogen-bond donors (Lipinski definition) is 0. The Morgan fingerprint density at radius 1 is 0.867 bits per heavy atom. The number of fused-ring (bicyclic) bond motifs is 1. The van der Waals surface area contributed by atoms with E-state index < -0.39 is 0 Å². The fraction of sp³-hybridized carbons (Fsp3) is 1.00. The molecule has 2 atom stereocenters. The van der Waals surface area contributed by atoms with E-state index in [1.807, 2.05) is 0 Å². The summed E-state index contributed by atoms with van der Waals surface area (Å²) in [6.07, 6.45) is 11.8. The van der Waals surface area contributed by atoms with Crippen molar-refractivity contribution in [1.29, 1.82) is 0 Å². The Hall–Kier alpha value is 0. The van der Waals surface area contributed by atoms with Crippen LogP contribution in [0.3, 0.4) is 0 Å². The average molecular weight is 208 g/mol. The molecule has 2 rings (SSSR count). The first-order valence-electron chi connectivity index (χ1n) is 6.93. The molecule has 0 saturated heterocycles. The summed E-state index contributed by atoms with van der Waals surface area (Å²) in [7, 11) is 0. The Bertz CT molecular complexity index is 240. The molecule has 2 unspecified atom stereocenters. The molecular weight excluding hydrogens is 180 g/mol. The lowest BCUT2D eigenvalue weighted by atomic mass is 9.82. The van der Waals surface area contributed by atoms with Gasteiger partial charge in [0.25, 0.3) is 0 Å². The highest BCUT2D eigenvalue weighted by atomic mass is 14.7. The van der Waals surface area contributed by atoms with Gasteiger partial charge in [-0.2, -0.15) is 0 Å². The first-order chi connectivity index (χ1) is 6.93. The molecule has 0 spiro atoms. The lowest BCUT2D eigenvalue weighted by molar-refractivity contribution is 0.283. The fourth-order valence-electron chi connectivity index (χ4n) is 4.16. The van der Waals surface area contributed by atoms with E-state index in [4.69, 9.17) is 0 Å². The third-order valence-corrected chi connectivity index (χ3v) is 5.65. The summed E-state index contributed by atoms with van der Waals surface area (Å²) in [6, 6.07) is 0. The van der Waals surface area contributed by atoms with Gasteiger partial charge in [-0.15, -0.1) is 0 Å². The second kappa shape index (κ2) is 3.50. The fourth-order valence-corrected chi connectivity index (χ4v) is 4.16. The summed E-state index contributed by atoms with van der Waals surface area (Å²) in [6.45, 7) is 9.89. The van der Waals surface area contributed by atoms with E-state index in [-0.39, 0.29) is 0 Å². The van der Waals surface area contributed by atoms with Crippen LogP contribution in [0.15, 0.2) is 0 Å². The van der Waals surface area contributed by atoms with Crippen LogP contribution in [-0.2, 0) is 0 Å². The molecule has 15 heavy (non-hydrogen) atoms. The molecule has 0 heterocycles. The summed E-state index contributed by atoms with van der Waals surface area (Å²) in [4.78, 5) is 0. The molecular formula is C15H28. The quantitative estimate of drug-likeness (QED) is 0.557. The largest absolute Gasteiger partial charge is 0.0648 e. The van der Waals surface area contributed by atoms with Crippen LogP contribution in [-0.4, -0.2) is 0 Å².